The van der Waals surface area contributed by atoms with E-state index >= 15 is 0 Å². The van der Waals surface area contributed by atoms with Crippen molar-refractivity contribution in [1.82, 2.24) is 15.2 Å². The first-order chi connectivity index (χ1) is 7.70. The lowest BCUT2D eigenvalue weighted by Gasteiger charge is -2.16. The van der Waals surface area contributed by atoms with Gasteiger partial charge in [0.05, 0.1) is 22.4 Å². The minimum absolute atomic E-state index is 0.0994. The van der Waals surface area contributed by atoms with E-state index in [9.17, 15) is 0 Å². The highest BCUT2D eigenvalue weighted by Gasteiger charge is 2.16. The van der Waals surface area contributed by atoms with Crippen LogP contribution in [0.15, 0.2) is 10.7 Å². The maximum Gasteiger partial charge on any atom is 0.0705 e. The van der Waals surface area contributed by atoms with E-state index in [1.54, 1.807) is 6.20 Å². The first-order valence-corrected chi connectivity index (χ1v) is 6.21. The molecule has 1 aromatic heterocycles. The second kappa shape index (κ2) is 7.01. The van der Waals surface area contributed by atoms with Crippen LogP contribution in [-0.2, 0) is 11.8 Å². The number of hydrazine groups is 1. The van der Waals surface area contributed by atoms with Gasteiger partial charge in [-0.2, -0.15) is 5.10 Å². The van der Waals surface area contributed by atoms with E-state index < -0.39 is 0 Å². The zero-order chi connectivity index (χ0) is 12.0. The van der Waals surface area contributed by atoms with Crippen LogP contribution in [0.25, 0.3) is 0 Å². The van der Waals surface area contributed by atoms with Gasteiger partial charge in [0.25, 0.3) is 0 Å². The zero-order valence-corrected chi connectivity index (χ0v) is 11.3. The van der Waals surface area contributed by atoms with Crippen LogP contribution < -0.4 is 11.3 Å². The molecule has 0 aliphatic rings. The average molecular weight is 291 g/mol. The Kier molecular flexibility index (Phi) is 5.97. The van der Waals surface area contributed by atoms with Crippen molar-refractivity contribution in [3.05, 3.63) is 16.4 Å². The number of aromatic nitrogens is 2. The second-order valence-electron chi connectivity index (χ2n) is 3.56. The molecule has 16 heavy (non-hydrogen) atoms. The fourth-order valence-corrected chi connectivity index (χ4v) is 2.27. The highest BCUT2D eigenvalue weighted by Crippen LogP contribution is 2.25. The van der Waals surface area contributed by atoms with Gasteiger partial charge in [0.15, 0.2) is 0 Å². The van der Waals surface area contributed by atoms with Gasteiger partial charge in [0.2, 0.25) is 0 Å². The molecule has 0 saturated heterocycles. The van der Waals surface area contributed by atoms with E-state index in [1.807, 2.05) is 18.7 Å². The molecule has 0 aromatic carbocycles. The summed E-state index contributed by atoms with van der Waals surface area (Å²) in [6.07, 6.45) is 3.68. The summed E-state index contributed by atoms with van der Waals surface area (Å²) in [4.78, 5) is 0. The van der Waals surface area contributed by atoms with Gasteiger partial charge in [-0.05, 0) is 35.7 Å². The molecular formula is C10H19BrN4O. The predicted molar refractivity (Wildman–Crippen MR) is 66.7 cm³/mol. The molecule has 6 heteroatoms. The molecule has 92 valence electrons. The van der Waals surface area contributed by atoms with E-state index in [-0.39, 0.29) is 6.04 Å². The maximum absolute atomic E-state index is 5.56. The van der Waals surface area contributed by atoms with Crippen molar-refractivity contribution < 1.29 is 4.74 Å². The molecule has 0 bridgehead atoms. The number of nitrogens with one attached hydrogen (secondary N) is 1. The molecule has 1 heterocycles. The number of ether oxygens (including phenoxy) is 1. The van der Waals surface area contributed by atoms with Crippen molar-refractivity contribution in [2.24, 2.45) is 12.9 Å². The molecule has 1 aromatic rings. The number of hydrogen-bond acceptors (Lipinski definition) is 4. The maximum atomic E-state index is 5.56. The van der Waals surface area contributed by atoms with E-state index in [2.05, 4.69) is 26.5 Å². The van der Waals surface area contributed by atoms with Crippen LogP contribution in [0.5, 0.6) is 0 Å². The van der Waals surface area contributed by atoms with E-state index in [0.717, 1.165) is 36.2 Å². The number of nitrogens with zero attached hydrogens (tertiary/aromatic N) is 2. The number of nitrogens with two attached hydrogens (primary N) is 1. The Morgan fingerprint density at radius 3 is 2.94 bits per heavy atom. The summed E-state index contributed by atoms with van der Waals surface area (Å²) in [5, 5.41) is 4.17. The van der Waals surface area contributed by atoms with Crippen molar-refractivity contribution in [1.29, 1.82) is 0 Å². The zero-order valence-electron chi connectivity index (χ0n) is 9.74. The van der Waals surface area contributed by atoms with Crippen molar-refractivity contribution >= 4 is 15.9 Å². The largest absolute Gasteiger partial charge is 0.382 e. The summed E-state index contributed by atoms with van der Waals surface area (Å²) in [5.41, 5.74) is 3.89. The van der Waals surface area contributed by atoms with Gasteiger partial charge in [-0.3, -0.25) is 16.0 Å². The van der Waals surface area contributed by atoms with Gasteiger partial charge < -0.3 is 4.74 Å². The first kappa shape index (κ1) is 13.6. The third-order valence-corrected chi connectivity index (χ3v) is 3.07. The topological polar surface area (TPSA) is 65.1 Å². The molecule has 0 radical (unpaired) electrons. The third-order valence-electron chi connectivity index (χ3n) is 2.45. The summed E-state index contributed by atoms with van der Waals surface area (Å²) < 4.78 is 8.11. The number of rotatable bonds is 7. The SMILES string of the molecule is CCOCCCC(NN)c1c(Br)cnn1C. The van der Waals surface area contributed by atoms with Crippen molar-refractivity contribution in [2.45, 2.75) is 25.8 Å². The second-order valence-corrected chi connectivity index (χ2v) is 4.41. The van der Waals surface area contributed by atoms with E-state index in [1.165, 1.54) is 0 Å². The Morgan fingerprint density at radius 2 is 2.44 bits per heavy atom. The van der Waals surface area contributed by atoms with Crippen LogP contribution in [0.4, 0.5) is 0 Å². The minimum atomic E-state index is 0.0994. The standard InChI is InChI=1S/C10H19BrN4O/c1-3-16-6-4-5-9(14-12)10-8(11)7-13-15(10)2/h7,9,14H,3-6,12H2,1-2H3. The Labute approximate surface area is 104 Å². The summed E-state index contributed by atoms with van der Waals surface area (Å²) in [7, 11) is 1.91. The van der Waals surface area contributed by atoms with Crippen LogP contribution in [0, 0.1) is 0 Å². The smallest absolute Gasteiger partial charge is 0.0705 e. The summed E-state index contributed by atoms with van der Waals surface area (Å²) in [6, 6.07) is 0.0994. The summed E-state index contributed by atoms with van der Waals surface area (Å²) >= 11 is 3.47. The molecule has 3 N–H and O–H groups in total. The van der Waals surface area contributed by atoms with Crippen molar-refractivity contribution in [3.8, 4) is 0 Å². The molecule has 0 fully saturated rings. The van der Waals surface area contributed by atoms with E-state index in [0.29, 0.717) is 0 Å². The predicted octanol–water partition coefficient (Wildman–Crippen LogP) is 1.50. The molecular weight excluding hydrogens is 272 g/mol. The number of aryl methyl sites for hydroxylation is 1. The molecule has 0 aliphatic heterocycles. The normalized spacial score (nSPS) is 13.0. The van der Waals surface area contributed by atoms with Gasteiger partial charge in [-0.25, -0.2) is 0 Å². The Bertz CT molecular complexity index is 296. The highest BCUT2D eigenvalue weighted by atomic mass is 79.9. The minimum Gasteiger partial charge on any atom is -0.382 e. The molecule has 5 nitrogen and oxygen atoms in total. The fraction of sp³-hybridized carbons (Fsp3) is 0.700. The van der Waals surface area contributed by atoms with Gasteiger partial charge in [0, 0.05) is 20.3 Å². The molecule has 1 rings (SSSR count). The van der Waals surface area contributed by atoms with Crippen LogP contribution in [0.1, 0.15) is 31.5 Å². The molecule has 0 aliphatic carbocycles. The number of halogens is 1. The molecule has 1 unspecified atom stereocenters. The van der Waals surface area contributed by atoms with Crippen LogP contribution in [0.3, 0.4) is 0 Å². The number of hydrogen-bond donors (Lipinski definition) is 2. The van der Waals surface area contributed by atoms with Crippen LogP contribution >= 0.6 is 15.9 Å². The van der Waals surface area contributed by atoms with Crippen molar-refractivity contribution in [2.75, 3.05) is 13.2 Å². The Balaban J connectivity index is 2.54. The molecule has 0 spiro atoms. The van der Waals surface area contributed by atoms with Gasteiger partial charge in [-0.15, -0.1) is 0 Å². The monoisotopic (exact) mass is 290 g/mol. The third kappa shape index (κ3) is 3.55. The van der Waals surface area contributed by atoms with Gasteiger partial charge in [-0.1, -0.05) is 0 Å². The first-order valence-electron chi connectivity index (χ1n) is 5.42. The van der Waals surface area contributed by atoms with Gasteiger partial charge in [0.1, 0.15) is 0 Å². The summed E-state index contributed by atoms with van der Waals surface area (Å²) in [6.45, 7) is 3.52. The van der Waals surface area contributed by atoms with E-state index in [4.69, 9.17) is 10.6 Å². The lowest BCUT2D eigenvalue weighted by atomic mass is 10.1. The molecule has 1 atom stereocenters. The quantitative estimate of drug-likeness (QED) is 0.454. The Morgan fingerprint density at radius 1 is 1.69 bits per heavy atom. The Hall–Kier alpha value is -0.430. The molecule has 0 amide bonds. The lowest BCUT2D eigenvalue weighted by Crippen LogP contribution is -2.30. The average Bonchev–Trinajstić information content (AvgIpc) is 2.60. The fourth-order valence-electron chi connectivity index (χ4n) is 1.65. The van der Waals surface area contributed by atoms with Crippen LogP contribution in [0.2, 0.25) is 0 Å². The lowest BCUT2D eigenvalue weighted by molar-refractivity contribution is 0.140. The van der Waals surface area contributed by atoms with Crippen molar-refractivity contribution in [3.63, 3.8) is 0 Å². The van der Waals surface area contributed by atoms with Crippen LogP contribution in [-0.4, -0.2) is 23.0 Å². The van der Waals surface area contributed by atoms with Gasteiger partial charge >= 0.3 is 0 Å². The summed E-state index contributed by atoms with van der Waals surface area (Å²) in [5.74, 6) is 5.56. The molecule has 0 saturated carbocycles. The highest BCUT2D eigenvalue weighted by molar-refractivity contribution is 9.10.